The average Bonchev–Trinajstić information content (AvgIpc) is 2.43. The molecule has 0 aliphatic carbocycles. The van der Waals surface area contributed by atoms with Crippen molar-refractivity contribution in [1.82, 2.24) is 0 Å². The first-order valence-electron chi connectivity index (χ1n) is 5.84. The minimum absolute atomic E-state index is 1.12. The zero-order valence-electron chi connectivity index (χ0n) is 9.73. The summed E-state index contributed by atoms with van der Waals surface area (Å²) in [7, 11) is 0. The summed E-state index contributed by atoms with van der Waals surface area (Å²) in [5.41, 5.74) is 2.30. The van der Waals surface area contributed by atoms with Crippen LogP contribution in [-0.4, -0.2) is 0 Å². The van der Waals surface area contributed by atoms with Gasteiger partial charge in [0.15, 0.2) is 0 Å². The molecule has 0 spiro atoms. The van der Waals surface area contributed by atoms with Crippen molar-refractivity contribution in [3.63, 3.8) is 0 Å². The molecule has 0 bridgehead atoms. The zero-order chi connectivity index (χ0) is 12.4. The fourth-order valence-corrected chi connectivity index (χ4v) is 2.64. The number of anilines is 2. The highest BCUT2D eigenvalue weighted by molar-refractivity contribution is 14.1. The highest BCUT2D eigenvalue weighted by Gasteiger charge is 2.05. The molecular formula is C16H12IN. The monoisotopic (exact) mass is 345 g/mol. The number of benzene rings is 3. The Hall–Kier alpha value is -1.55. The second-order valence-electron chi connectivity index (χ2n) is 4.13. The van der Waals surface area contributed by atoms with E-state index in [2.05, 4.69) is 76.4 Å². The summed E-state index contributed by atoms with van der Waals surface area (Å²) in [6.45, 7) is 0. The lowest BCUT2D eigenvalue weighted by Gasteiger charge is -2.12. The first-order chi connectivity index (χ1) is 8.84. The number of hydrogen-bond donors (Lipinski definition) is 1. The first-order valence-corrected chi connectivity index (χ1v) is 6.92. The van der Waals surface area contributed by atoms with Crippen molar-refractivity contribution < 1.29 is 0 Å². The molecule has 1 N–H and O–H groups in total. The predicted molar refractivity (Wildman–Crippen MR) is 86.4 cm³/mol. The molecule has 3 aromatic rings. The van der Waals surface area contributed by atoms with Gasteiger partial charge in [-0.3, -0.25) is 0 Å². The van der Waals surface area contributed by atoms with Crippen LogP contribution in [0.4, 0.5) is 11.4 Å². The van der Waals surface area contributed by atoms with Gasteiger partial charge in [0, 0.05) is 14.6 Å². The van der Waals surface area contributed by atoms with E-state index in [0.717, 1.165) is 5.69 Å². The van der Waals surface area contributed by atoms with Crippen LogP contribution < -0.4 is 5.32 Å². The highest BCUT2D eigenvalue weighted by Crippen LogP contribution is 2.31. The zero-order valence-corrected chi connectivity index (χ0v) is 11.9. The molecule has 0 heterocycles. The van der Waals surface area contributed by atoms with Crippen LogP contribution in [0, 0.1) is 3.57 Å². The fraction of sp³-hybridized carbons (Fsp3) is 0. The molecular weight excluding hydrogens is 333 g/mol. The largest absolute Gasteiger partial charge is 0.354 e. The van der Waals surface area contributed by atoms with Crippen molar-refractivity contribution in [3.05, 3.63) is 70.3 Å². The lowest BCUT2D eigenvalue weighted by atomic mass is 10.1. The van der Waals surface area contributed by atoms with Gasteiger partial charge in [-0.25, -0.2) is 0 Å². The van der Waals surface area contributed by atoms with E-state index in [-0.39, 0.29) is 0 Å². The maximum atomic E-state index is 3.51. The Labute approximate surface area is 120 Å². The lowest BCUT2D eigenvalue weighted by molar-refractivity contribution is 1.55. The van der Waals surface area contributed by atoms with Gasteiger partial charge in [0.25, 0.3) is 0 Å². The highest BCUT2D eigenvalue weighted by atomic mass is 127. The van der Waals surface area contributed by atoms with E-state index < -0.39 is 0 Å². The van der Waals surface area contributed by atoms with E-state index in [9.17, 15) is 0 Å². The summed E-state index contributed by atoms with van der Waals surface area (Å²) < 4.78 is 1.23. The third-order valence-corrected chi connectivity index (χ3v) is 3.82. The van der Waals surface area contributed by atoms with Crippen LogP contribution in [0.5, 0.6) is 0 Å². The molecule has 0 aliphatic rings. The molecule has 0 saturated carbocycles. The average molecular weight is 345 g/mol. The van der Waals surface area contributed by atoms with Gasteiger partial charge in [0.05, 0.1) is 5.69 Å². The molecule has 0 amide bonds. The van der Waals surface area contributed by atoms with Gasteiger partial charge in [-0.15, -0.1) is 0 Å². The second kappa shape index (κ2) is 4.98. The van der Waals surface area contributed by atoms with Crippen molar-refractivity contribution in [2.75, 3.05) is 5.32 Å². The SMILES string of the molecule is Ic1ccc2ccccc2c1Nc1ccccc1. The quantitative estimate of drug-likeness (QED) is 0.631. The number of hydrogen-bond acceptors (Lipinski definition) is 1. The van der Waals surface area contributed by atoms with Crippen molar-refractivity contribution >= 4 is 44.7 Å². The molecule has 0 unspecified atom stereocenters. The van der Waals surface area contributed by atoms with E-state index in [1.807, 2.05) is 18.2 Å². The Morgan fingerprint density at radius 1 is 0.722 bits per heavy atom. The van der Waals surface area contributed by atoms with Crippen molar-refractivity contribution in [2.24, 2.45) is 0 Å². The molecule has 88 valence electrons. The normalized spacial score (nSPS) is 10.5. The summed E-state index contributed by atoms with van der Waals surface area (Å²) in [5, 5.41) is 6.03. The van der Waals surface area contributed by atoms with Crippen LogP contribution in [-0.2, 0) is 0 Å². The molecule has 3 rings (SSSR count). The van der Waals surface area contributed by atoms with Crippen molar-refractivity contribution in [3.8, 4) is 0 Å². The number of fused-ring (bicyclic) bond motifs is 1. The maximum Gasteiger partial charge on any atom is 0.0599 e. The van der Waals surface area contributed by atoms with Crippen molar-refractivity contribution in [1.29, 1.82) is 0 Å². The van der Waals surface area contributed by atoms with Crippen LogP contribution in [0.3, 0.4) is 0 Å². The van der Waals surface area contributed by atoms with Gasteiger partial charge < -0.3 is 5.32 Å². The van der Waals surface area contributed by atoms with Gasteiger partial charge in [-0.2, -0.15) is 0 Å². The molecule has 0 radical (unpaired) electrons. The Morgan fingerprint density at radius 3 is 2.28 bits per heavy atom. The summed E-state index contributed by atoms with van der Waals surface area (Å²) in [6, 6.07) is 23.0. The Kier molecular flexibility index (Phi) is 3.19. The standard InChI is InChI=1S/C16H12IN/c17-15-11-10-12-6-4-5-9-14(12)16(15)18-13-7-2-1-3-8-13/h1-11,18H. The topological polar surface area (TPSA) is 12.0 Å². The third kappa shape index (κ3) is 2.20. The van der Waals surface area contributed by atoms with Crippen LogP contribution in [0.1, 0.15) is 0 Å². The minimum Gasteiger partial charge on any atom is -0.354 e. The van der Waals surface area contributed by atoms with E-state index in [4.69, 9.17) is 0 Å². The molecule has 1 nitrogen and oxygen atoms in total. The number of nitrogens with one attached hydrogen (secondary N) is 1. The molecule has 0 aromatic heterocycles. The van der Waals surface area contributed by atoms with Gasteiger partial charge in [-0.05, 0) is 46.2 Å². The first kappa shape index (κ1) is 11.5. The summed E-state index contributed by atoms with van der Waals surface area (Å²) in [4.78, 5) is 0. The van der Waals surface area contributed by atoms with Crippen LogP contribution >= 0.6 is 22.6 Å². The van der Waals surface area contributed by atoms with Crippen LogP contribution in [0.2, 0.25) is 0 Å². The van der Waals surface area contributed by atoms with Crippen LogP contribution in [0.25, 0.3) is 10.8 Å². The molecule has 3 aromatic carbocycles. The fourth-order valence-electron chi connectivity index (χ4n) is 2.04. The van der Waals surface area contributed by atoms with Gasteiger partial charge in [-0.1, -0.05) is 48.5 Å². The van der Waals surface area contributed by atoms with E-state index in [1.165, 1.54) is 20.0 Å². The maximum absolute atomic E-state index is 3.51. The van der Waals surface area contributed by atoms with Gasteiger partial charge in [0.2, 0.25) is 0 Å². The summed E-state index contributed by atoms with van der Waals surface area (Å²) in [5.74, 6) is 0. The van der Waals surface area contributed by atoms with E-state index in [1.54, 1.807) is 0 Å². The Morgan fingerprint density at radius 2 is 1.44 bits per heavy atom. The Balaban J connectivity index is 2.13. The number of rotatable bonds is 2. The summed E-state index contributed by atoms with van der Waals surface area (Å²) in [6.07, 6.45) is 0. The lowest BCUT2D eigenvalue weighted by Crippen LogP contribution is -1.94. The van der Waals surface area contributed by atoms with Gasteiger partial charge >= 0.3 is 0 Å². The van der Waals surface area contributed by atoms with E-state index >= 15 is 0 Å². The molecule has 0 aliphatic heterocycles. The summed E-state index contributed by atoms with van der Waals surface area (Å²) >= 11 is 2.37. The van der Waals surface area contributed by atoms with Crippen LogP contribution in [0.15, 0.2) is 66.7 Å². The molecule has 2 heteroatoms. The molecule has 0 fully saturated rings. The second-order valence-corrected chi connectivity index (χ2v) is 5.30. The minimum atomic E-state index is 1.12. The number of halogens is 1. The molecule has 0 saturated heterocycles. The number of para-hydroxylation sites is 1. The van der Waals surface area contributed by atoms with E-state index in [0.29, 0.717) is 0 Å². The predicted octanol–water partition coefficient (Wildman–Crippen LogP) is 5.19. The van der Waals surface area contributed by atoms with Crippen molar-refractivity contribution in [2.45, 2.75) is 0 Å². The molecule has 0 atom stereocenters. The third-order valence-electron chi connectivity index (χ3n) is 2.92. The smallest absolute Gasteiger partial charge is 0.0599 e. The van der Waals surface area contributed by atoms with Gasteiger partial charge in [0.1, 0.15) is 0 Å². The Bertz CT molecular complexity index is 677. The molecule has 18 heavy (non-hydrogen) atoms.